The lowest BCUT2D eigenvalue weighted by Gasteiger charge is -2.52. The molecule has 2 heterocycles. The minimum Gasteiger partial charge on any atom is -0.312 e. The van der Waals surface area contributed by atoms with Gasteiger partial charge >= 0.3 is 0 Å². The highest BCUT2D eigenvalue weighted by Crippen LogP contribution is 2.64. The van der Waals surface area contributed by atoms with Gasteiger partial charge in [0.1, 0.15) is 0 Å². The number of thioether (sulfide) groups is 2. The molecule has 2 aliphatic carbocycles. The Bertz CT molecular complexity index is 654. The summed E-state index contributed by atoms with van der Waals surface area (Å²) in [6.45, 7) is 0.913. The normalized spacial score (nSPS) is 33.3. The van der Waals surface area contributed by atoms with E-state index in [9.17, 15) is 4.79 Å². The Kier molecular flexibility index (Phi) is 4.32. The van der Waals surface area contributed by atoms with Crippen molar-refractivity contribution in [2.45, 2.75) is 49.0 Å². The summed E-state index contributed by atoms with van der Waals surface area (Å²) in [5.41, 5.74) is 2.55. The number of hydrogen-bond acceptors (Lipinski definition) is 3. The fourth-order valence-electron chi connectivity index (χ4n) is 5.79. The number of para-hydroxylation sites is 1. The molecular formula is C21H27NOS2. The molecule has 134 valence electrons. The Morgan fingerprint density at radius 2 is 1.76 bits per heavy atom. The number of nitrogens with zero attached hydrogens (tertiary/aromatic N) is 1. The highest BCUT2D eigenvalue weighted by atomic mass is 32.2. The van der Waals surface area contributed by atoms with Gasteiger partial charge in [-0.25, -0.2) is 0 Å². The summed E-state index contributed by atoms with van der Waals surface area (Å²) in [5.74, 6) is 4.82. The van der Waals surface area contributed by atoms with Gasteiger partial charge in [-0.15, -0.1) is 23.5 Å². The predicted molar refractivity (Wildman–Crippen MR) is 108 cm³/mol. The zero-order valence-corrected chi connectivity index (χ0v) is 16.4. The third-order valence-electron chi connectivity index (χ3n) is 6.85. The first-order chi connectivity index (χ1) is 12.3. The fraction of sp³-hybridized carbons (Fsp3) is 0.667. The van der Waals surface area contributed by atoms with Gasteiger partial charge in [0.25, 0.3) is 0 Å². The maximum absolute atomic E-state index is 13.5. The second-order valence-electron chi connectivity index (χ2n) is 8.13. The Labute approximate surface area is 159 Å². The average Bonchev–Trinajstić information content (AvgIpc) is 3.10. The van der Waals surface area contributed by atoms with Gasteiger partial charge in [0.05, 0.1) is 4.08 Å². The van der Waals surface area contributed by atoms with E-state index in [1.807, 2.05) is 0 Å². The van der Waals surface area contributed by atoms with E-state index < -0.39 is 0 Å². The molecule has 0 N–H and O–H groups in total. The van der Waals surface area contributed by atoms with E-state index in [4.69, 9.17) is 0 Å². The summed E-state index contributed by atoms with van der Waals surface area (Å²) < 4.78 is 0.467. The number of rotatable bonds is 1. The Morgan fingerprint density at radius 1 is 1.04 bits per heavy atom. The van der Waals surface area contributed by atoms with Crippen molar-refractivity contribution in [2.24, 2.45) is 17.8 Å². The summed E-state index contributed by atoms with van der Waals surface area (Å²) in [4.78, 5) is 15.6. The first-order valence-corrected chi connectivity index (χ1v) is 11.9. The quantitative estimate of drug-likeness (QED) is 0.693. The summed E-state index contributed by atoms with van der Waals surface area (Å²) >= 11 is 4.47. The largest absolute Gasteiger partial charge is 0.312 e. The fourth-order valence-corrected chi connectivity index (χ4v) is 9.73. The van der Waals surface area contributed by atoms with Crippen LogP contribution in [0.2, 0.25) is 0 Å². The Hall–Kier alpha value is -0.610. The van der Waals surface area contributed by atoms with Crippen molar-refractivity contribution in [1.29, 1.82) is 0 Å². The monoisotopic (exact) mass is 373 g/mol. The van der Waals surface area contributed by atoms with Gasteiger partial charge in [0.15, 0.2) is 0 Å². The van der Waals surface area contributed by atoms with Crippen molar-refractivity contribution in [3.05, 3.63) is 29.8 Å². The predicted octanol–water partition coefficient (Wildman–Crippen LogP) is 4.97. The van der Waals surface area contributed by atoms with Crippen LogP contribution < -0.4 is 4.90 Å². The van der Waals surface area contributed by atoms with Gasteiger partial charge < -0.3 is 4.90 Å². The lowest BCUT2D eigenvalue weighted by Crippen LogP contribution is -2.50. The molecule has 0 radical (unpaired) electrons. The zero-order chi connectivity index (χ0) is 16.9. The number of amides is 1. The first kappa shape index (κ1) is 16.6. The molecule has 25 heavy (non-hydrogen) atoms. The molecule has 4 heteroatoms. The van der Waals surface area contributed by atoms with Gasteiger partial charge in [-0.05, 0) is 62.0 Å². The van der Waals surface area contributed by atoms with Gasteiger partial charge in [-0.1, -0.05) is 24.6 Å². The molecule has 3 fully saturated rings. The van der Waals surface area contributed by atoms with Crippen molar-refractivity contribution in [1.82, 2.24) is 0 Å². The molecule has 1 spiro atoms. The Balaban J connectivity index is 1.39. The number of carbonyl (C=O) groups is 1. The van der Waals surface area contributed by atoms with Crippen LogP contribution in [-0.2, 0) is 11.2 Å². The van der Waals surface area contributed by atoms with Crippen molar-refractivity contribution >= 4 is 35.1 Å². The standard InChI is InChI=1S/C21H27NOS2/c23-20(22-10-4-6-15-5-1-2-9-19(15)22)16-13-17-7-3-8-18(14-16)21(17)24-11-12-25-21/h1-2,5,9,16-18H,3-4,6-8,10-14H2/t17-,18-/m1/s1. The number of fused-ring (bicyclic) bond motifs is 1. The van der Waals surface area contributed by atoms with Crippen molar-refractivity contribution in [3.8, 4) is 0 Å². The second-order valence-corrected chi connectivity index (χ2v) is 11.1. The lowest BCUT2D eigenvalue weighted by atomic mass is 9.66. The molecule has 0 aromatic heterocycles. The molecule has 2 saturated carbocycles. The van der Waals surface area contributed by atoms with Crippen LogP contribution in [0.25, 0.3) is 0 Å². The molecule has 0 unspecified atom stereocenters. The van der Waals surface area contributed by atoms with Gasteiger partial charge in [0, 0.05) is 29.7 Å². The van der Waals surface area contributed by atoms with Crippen LogP contribution in [0.1, 0.15) is 44.1 Å². The van der Waals surface area contributed by atoms with E-state index in [0.717, 1.165) is 44.1 Å². The number of carbonyl (C=O) groups excluding carboxylic acids is 1. The van der Waals surface area contributed by atoms with Gasteiger partial charge in [0.2, 0.25) is 5.91 Å². The summed E-state index contributed by atoms with van der Waals surface area (Å²) in [6, 6.07) is 8.54. The van der Waals surface area contributed by atoms with Crippen molar-refractivity contribution in [3.63, 3.8) is 0 Å². The molecule has 1 aromatic rings. The van der Waals surface area contributed by atoms with Crippen molar-refractivity contribution < 1.29 is 4.79 Å². The van der Waals surface area contributed by atoms with E-state index in [-0.39, 0.29) is 5.92 Å². The molecule has 2 bridgehead atoms. The average molecular weight is 374 g/mol. The van der Waals surface area contributed by atoms with Crippen LogP contribution in [0.15, 0.2) is 24.3 Å². The smallest absolute Gasteiger partial charge is 0.230 e. The van der Waals surface area contributed by atoms with E-state index >= 15 is 0 Å². The number of aryl methyl sites for hydroxylation is 1. The number of hydrogen-bond donors (Lipinski definition) is 0. The molecule has 1 saturated heterocycles. The van der Waals surface area contributed by atoms with Crippen LogP contribution in [0.3, 0.4) is 0 Å². The van der Waals surface area contributed by atoms with E-state index in [2.05, 4.69) is 52.7 Å². The third-order valence-corrected chi connectivity index (χ3v) is 10.9. The maximum Gasteiger partial charge on any atom is 0.230 e. The minimum atomic E-state index is 0.258. The first-order valence-electron chi connectivity index (χ1n) is 9.95. The second kappa shape index (κ2) is 6.53. The zero-order valence-electron chi connectivity index (χ0n) is 14.8. The molecule has 2 nitrogen and oxygen atoms in total. The van der Waals surface area contributed by atoms with Crippen molar-refractivity contribution in [2.75, 3.05) is 23.0 Å². The van der Waals surface area contributed by atoms with Crippen LogP contribution >= 0.6 is 23.5 Å². The molecular weight excluding hydrogens is 346 g/mol. The Morgan fingerprint density at radius 3 is 2.52 bits per heavy atom. The number of benzene rings is 1. The molecule has 2 atom stereocenters. The van der Waals surface area contributed by atoms with Crippen LogP contribution in [0.5, 0.6) is 0 Å². The highest BCUT2D eigenvalue weighted by molar-refractivity contribution is 8.21. The van der Waals surface area contributed by atoms with E-state index in [0.29, 0.717) is 9.99 Å². The minimum absolute atomic E-state index is 0.258. The van der Waals surface area contributed by atoms with Gasteiger partial charge in [-0.2, -0.15) is 0 Å². The SMILES string of the molecule is O=C(C1C[C@H]2CCC[C@H](C1)C21SCCS1)N1CCCc2ccccc21. The summed E-state index contributed by atoms with van der Waals surface area (Å²) in [6.07, 6.45) is 8.56. The molecule has 1 amide bonds. The maximum atomic E-state index is 13.5. The number of anilines is 1. The van der Waals surface area contributed by atoms with Crippen LogP contribution in [0.4, 0.5) is 5.69 Å². The summed E-state index contributed by atoms with van der Waals surface area (Å²) in [7, 11) is 0. The third kappa shape index (κ3) is 2.66. The highest BCUT2D eigenvalue weighted by Gasteiger charge is 2.55. The topological polar surface area (TPSA) is 20.3 Å². The van der Waals surface area contributed by atoms with Crippen LogP contribution in [-0.4, -0.2) is 28.0 Å². The molecule has 2 aliphatic heterocycles. The molecule has 1 aromatic carbocycles. The van der Waals surface area contributed by atoms with Crippen LogP contribution in [0, 0.1) is 17.8 Å². The molecule has 4 aliphatic rings. The molecule has 5 rings (SSSR count). The van der Waals surface area contributed by atoms with E-state index in [1.54, 1.807) is 0 Å². The lowest BCUT2D eigenvalue weighted by molar-refractivity contribution is -0.125. The van der Waals surface area contributed by atoms with E-state index in [1.165, 1.54) is 42.0 Å². The summed E-state index contributed by atoms with van der Waals surface area (Å²) in [5, 5.41) is 0. The van der Waals surface area contributed by atoms with Gasteiger partial charge in [-0.3, -0.25) is 4.79 Å².